The summed E-state index contributed by atoms with van der Waals surface area (Å²) in [5.74, 6) is 0. The monoisotopic (exact) mass is 181 g/mol. The van der Waals surface area contributed by atoms with Crippen LogP contribution in [0.15, 0.2) is 30.4 Å². The van der Waals surface area contributed by atoms with Gasteiger partial charge in [-0.15, -0.1) is 6.58 Å². The van der Waals surface area contributed by atoms with Crippen LogP contribution in [0.1, 0.15) is 0 Å². The number of hydrogen-bond donors (Lipinski definition) is 1. The van der Waals surface area contributed by atoms with E-state index < -0.39 is 0 Å². The Kier molecular flexibility index (Phi) is 7.15. The lowest BCUT2D eigenvalue weighted by Crippen LogP contribution is -2.35. The summed E-state index contributed by atoms with van der Waals surface area (Å²) in [6.45, 7) is 9.21. The smallest absolute Gasteiger partial charge is 0.0630 e. The van der Waals surface area contributed by atoms with Crippen molar-refractivity contribution in [3.8, 4) is 0 Å². The minimum Gasteiger partial charge on any atom is -0.318 e. The molecule has 0 spiro atoms. The van der Waals surface area contributed by atoms with Crippen molar-refractivity contribution >= 4 is 6.21 Å². The highest BCUT2D eigenvalue weighted by atomic mass is 15.1. The Labute approximate surface area is 80.8 Å². The Morgan fingerprint density at radius 1 is 1.54 bits per heavy atom. The van der Waals surface area contributed by atoms with Crippen molar-refractivity contribution in [1.29, 1.82) is 0 Å². The molecule has 3 heteroatoms. The maximum atomic E-state index is 3.98. The second-order valence-electron chi connectivity index (χ2n) is 2.79. The molecule has 0 heterocycles. The van der Waals surface area contributed by atoms with Crippen LogP contribution in [0.4, 0.5) is 0 Å². The van der Waals surface area contributed by atoms with Gasteiger partial charge in [-0.25, -0.2) is 0 Å². The molecule has 0 bridgehead atoms. The van der Waals surface area contributed by atoms with Gasteiger partial charge in [-0.1, -0.05) is 12.7 Å². The molecule has 0 radical (unpaired) electrons. The molecule has 0 fully saturated rings. The standard InChI is InChI=1S/C10H19N3/c1-5-10(9-12-6-2)13(4)8-7-11-3/h5-6,9-11H,1-2,7-8H2,3-4H3. The minimum absolute atomic E-state index is 0.186. The van der Waals surface area contributed by atoms with E-state index in [1.54, 1.807) is 0 Å². The van der Waals surface area contributed by atoms with Crippen LogP contribution in [0.3, 0.4) is 0 Å². The van der Waals surface area contributed by atoms with Crippen LogP contribution in [0.2, 0.25) is 0 Å². The maximum Gasteiger partial charge on any atom is 0.0630 e. The molecular formula is C10H19N3. The first-order valence-electron chi connectivity index (χ1n) is 4.37. The normalized spacial score (nSPS) is 13.5. The van der Waals surface area contributed by atoms with Crippen molar-refractivity contribution < 1.29 is 0 Å². The summed E-state index contributed by atoms with van der Waals surface area (Å²) in [5, 5.41) is 3.09. The van der Waals surface area contributed by atoms with E-state index in [0.717, 1.165) is 13.1 Å². The van der Waals surface area contributed by atoms with Crippen LogP contribution in [0.5, 0.6) is 0 Å². The average Bonchev–Trinajstić information content (AvgIpc) is 2.16. The number of nitrogens with zero attached hydrogens (tertiary/aromatic N) is 2. The summed E-state index contributed by atoms with van der Waals surface area (Å²) in [6, 6.07) is 0.186. The van der Waals surface area contributed by atoms with Crippen molar-refractivity contribution in [3.63, 3.8) is 0 Å². The minimum atomic E-state index is 0.186. The van der Waals surface area contributed by atoms with Crippen LogP contribution in [0, 0.1) is 0 Å². The third-order valence-corrected chi connectivity index (χ3v) is 1.81. The first-order valence-corrected chi connectivity index (χ1v) is 4.37. The number of likely N-dealkylation sites (N-methyl/N-ethyl adjacent to an activating group) is 2. The molecule has 0 saturated carbocycles. The lowest BCUT2D eigenvalue weighted by Gasteiger charge is -2.21. The van der Waals surface area contributed by atoms with Gasteiger partial charge in [0.1, 0.15) is 0 Å². The predicted molar refractivity (Wildman–Crippen MR) is 59.2 cm³/mol. The van der Waals surface area contributed by atoms with Gasteiger partial charge < -0.3 is 5.32 Å². The summed E-state index contributed by atoms with van der Waals surface area (Å²) in [6.07, 6.45) is 5.22. The average molecular weight is 181 g/mol. The third kappa shape index (κ3) is 5.33. The summed E-state index contributed by atoms with van der Waals surface area (Å²) < 4.78 is 0. The fraction of sp³-hybridized carbons (Fsp3) is 0.500. The Hall–Kier alpha value is -0.930. The lowest BCUT2D eigenvalue weighted by atomic mass is 10.3. The summed E-state index contributed by atoms with van der Waals surface area (Å²) in [5.41, 5.74) is 0. The van der Waals surface area contributed by atoms with Gasteiger partial charge in [-0.2, -0.15) is 0 Å². The lowest BCUT2D eigenvalue weighted by molar-refractivity contribution is 0.337. The number of rotatable bonds is 7. The zero-order valence-corrected chi connectivity index (χ0v) is 8.53. The molecule has 74 valence electrons. The highest BCUT2D eigenvalue weighted by Crippen LogP contribution is 1.93. The number of aliphatic imine (C=N–C) groups is 1. The van der Waals surface area contributed by atoms with Crippen LogP contribution >= 0.6 is 0 Å². The Balaban J connectivity index is 3.98. The first kappa shape index (κ1) is 12.1. The molecule has 1 unspecified atom stereocenters. The molecule has 0 aliphatic rings. The van der Waals surface area contributed by atoms with Gasteiger partial charge in [0, 0.05) is 25.5 Å². The second-order valence-corrected chi connectivity index (χ2v) is 2.79. The fourth-order valence-electron chi connectivity index (χ4n) is 0.941. The molecule has 0 aromatic carbocycles. The first-order chi connectivity index (χ1) is 6.26. The molecule has 1 atom stereocenters. The predicted octanol–water partition coefficient (Wildman–Crippen LogP) is 0.906. The molecule has 13 heavy (non-hydrogen) atoms. The SMILES string of the molecule is C=CN=CC(C=C)N(C)CCNC. The van der Waals surface area contributed by atoms with Crippen molar-refractivity contribution in [2.24, 2.45) is 4.99 Å². The van der Waals surface area contributed by atoms with Gasteiger partial charge in [-0.05, 0) is 14.1 Å². The molecule has 0 rings (SSSR count). The number of hydrogen-bond acceptors (Lipinski definition) is 3. The second kappa shape index (κ2) is 7.71. The molecule has 0 amide bonds. The summed E-state index contributed by atoms with van der Waals surface area (Å²) in [4.78, 5) is 6.14. The van der Waals surface area contributed by atoms with Crippen LogP contribution in [0.25, 0.3) is 0 Å². The highest BCUT2D eigenvalue weighted by molar-refractivity contribution is 5.67. The molecule has 0 aromatic heterocycles. The van der Waals surface area contributed by atoms with Crippen molar-refractivity contribution in [2.45, 2.75) is 6.04 Å². The topological polar surface area (TPSA) is 27.6 Å². The van der Waals surface area contributed by atoms with Gasteiger partial charge in [0.2, 0.25) is 0 Å². The van der Waals surface area contributed by atoms with Gasteiger partial charge in [0.25, 0.3) is 0 Å². The van der Waals surface area contributed by atoms with E-state index in [1.165, 1.54) is 6.20 Å². The molecule has 1 N–H and O–H groups in total. The van der Waals surface area contributed by atoms with E-state index in [9.17, 15) is 0 Å². The summed E-state index contributed by atoms with van der Waals surface area (Å²) in [7, 11) is 3.98. The zero-order chi connectivity index (χ0) is 10.1. The van der Waals surface area contributed by atoms with Gasteiger partial charge >= 0.3 is 0 Å². The molecule has 0 aliphatic heterocycles. The summed E-state index contributed by atoms with van der Waals surface area (Å²) >= 11 is 0. The quantitative estimate of drug-likeness (QED) is 0.467. The van der Waals surface area contributed by atoms with Crippen molar-refractivity contribution in [3.05, 3.63) is 25.4 Å². The van der Waals surface area contributed by atoms with E-state index in [1.807, 2.05) is 26.4 Å². The van der Waals surface area contributed by atoms with Crippen molar-refractivity contribution in [1.82, 2.24) is 10.2 Å². The fourth-order valence-corrected chi connectivity index (χ4v) is 0.941. The molecular weight excluding hydrogens is 162 g/mol. The maximum absolute atomic E-state index is 3.98. The van der Waals surface area contributed by atoms with E-state index in [2.05, 4.69) is 28.4 Å². The third-order valence-electron chi connectivity index (χ3n) is 1.81. The van der Waals surface area contributed by atoms with Crippen molar-refractivity contribution in [2.75, 3.05) is 27.2 Å². The Bertz CT molecular complexity index is 175. The largest absolute Gasteiger partial charge is 0.318 e. The van der Waals surface area contributed by atoms with E-state index in [-0.39, 0.29) is 6.04 Å². The Morgan fingerprint density at radius 3 is 2.69 bits per heavy atom. The number of nitrogens with one attached hydrogen (secondary N) is 1. The van der Waals surface area contributed by atoms with Gasteiger partial charge in [-0.3, -0.25) is 9.89 Å². The van der Waals surface area contributed by atoms with Crippen LogP contribution in [-0.4, -0.2) is 44.3 Å². The van der Waals surface area contributed by atoms with E-state index >= 15 is 0 Å². The highest BCUT2D eigenvalue weighted by Gasteiger charge is 2.06. The molecule has 0 aliphatic carbocycles. The molecule has 3 nitrogen and oxygen atoms in total. The van der Waals surface area contributed by atoms with Crippen LogP contribution in [-0.2, 0) is 0 Å². The van der Waals surface area contributed by atoms with Crippen LogP contribution < -0.4 is 5.32 Å². The zero-order valence-electron chi connectivity index (χ0n) is 8.53. The van der Waals surface area contributed by atoms with Gasteiger partial charge in [0.05, 0.1) is 6.04 Å². The molecule has 0 aromatic rings. The van der Waals surface area contributed by atoms with E-state index in [0.29, 0.717) is 0 Å². The Morgan fingerprint density at radius 2 is 2.23 bits per heavy atom. The molecule has 0 saturated heterocycles. The van der Waals surface area contributed by atoms with Gasteiger partial charge in [0.15, 0.2) is 0 Å². The van der Waals surface area contributed by atoms with E-state index in [4.69, 9.17) is 0 Å².